The molecule has 2 aliphatic carbocycles. The number of ether oxygens (including phenoxy) is 2. The van der Waals surface area contributed by atoms with Gasteiger partial charge in [0.25, 0.3) is 0 Å². The highest BCUT2D eigenvalue weighted by Crippen LogP contribution is 2.65. The summed E-state index contributed by atoms with van der Waals surface area (Å²) in [5.41, 5.74) is 3.65. The van der Waals surface area contributed by atoms with Crippen molar-refractivity contribution in [3.05, 3.63) is 86.9 Å². The number of esters is 1. The zero-order chi connectivity index (χ0) is 30.7. The van der Waals surface area contributed by atoms with Crippen LogP contribution in [0.2, 0.25) is 10.0 Å². The van der Waals surface area contributed by atoms with Crippen LogP contribution in [0.1, 0.15) is 48.4 Å². The van der Waals surface area contributed by atoms with Gasteiger partial charge < -0.3 is 19.5 Å². The predicted octanol–water partition coefficient (Wildman–Crippen LogP) is 5.98. The third-order valence-electron chi connectivity index (χ3n) is 10.5. The first-order chi connectivity index (χ1) is 21.2. The number of likely N-dealkylation sites (N-methyl/N-ethyl adjacent to an activating group) is 1. The van der Waals surface area contributed by atoms with Crippen LogP contribution >= 0.6 is 23.2 Å². The Morgan fingerprint density at radius 3 is 2.64 bits per heavy atom. The molecule has 230 valence electrons. The largest absolute Gasteiger partial charge is 0.504 e. The second kappa shape index (κ2) is 11.3. The summed E-state index contributed by atoms with van der Waals surface area (Å²) >= 11 is 12.3. The first kappa shape index (κ1) is 29.5. The lowest BCUT2D eigenvalue weighted by Gasteiger charge is -2.60. The van der Waals surface area contributed by atoms with Gasteiger partial charge in [0, 0.05) is 49.2 Å². The van der Waals surface area contributed by atoms with Crippen molar-refractivity contribution in [1.82, 2.24) is 9.80 Å². The zero-order valence-electron chi connectivity index (χ0n) is 24.9. The molecule has 0 unspecified atom stereocenters. The smallest absolute Gasteiger partial charge is 0.308 e. The average Bonchev–Trinajstić information content (AvgIpc) is 3.35. The molecule has 0 radical (unpaired) electrons. The Labute approximate surface area is 267 Å². The van der Waals surface area contributed by atoms with Crippen molar-refractivity contribution >= 4 is 35.1 Å². The van der Waals surface area contributed by atoms with Crippen molar-refractivity contribution in [3.8, 4) is 17.2 Å². The molecule has 7 rings (SSSR count). The monoisotopic (exact) mass is 634 g/mol. The number of phenolic OH excluding ortho intramolecular Hbond substituents is 1. The Bertz CT molecular complexity index is 1630. The number of aromatic hydroxyl groups is 1. The minimum Gasteiger partial charge on any atom is -0.504 e. The first-order valence-corrected chi connectivity index (χ1v) is 16.1. The maximum Gasteiger partial charge on any atom is 0.308 e. The minimum absolute atomic E-state index is 0.0176. The van der Waals surface area contributed by atoms with Gasteiger partial charge in [-0.2, -0.15) is 0 Å². The quantitative estimate of drug-likeness (QED) is 0.255. The van der Waals surface area contributed by atoms with Gasteiger partial charge in [0.05, 0.1) is 22.5 Å². The van der Waals surface area contributed by atoms with E-state index in [4.69, 9.17) is 32.7 Å². The summed E-state index contributed by atoms with van der Waals surface area (Å²) in [5, 5.41) is 12.1. The van der Waals surface area contributed by atoms with Crippen LogP contribution in [-0.4, -0.2) is 65.1 Å². The van der Waals surface area contributed by atoms with Gasteiger partial charge in [-0.15, -0.1) is 0 Å². The van der Waals surface area contributed by atoms with E-state index in [1.165, 1.54) is 18.6 Å². The van der Waals surface area contributed by atoms with Crippen molar-refractivity contribution in [2.24, 2.45) is 5.92 Å². The van der Waals surface area contributed by atoms with E-state index < -0.39 is 11.4 Å². The summed E-state index contributed by atoms with van der Waals surface area (Å²) in [6.07, 6.45) is 4.11. The second-order valence-electron chi connectivity index (χ2n) is 12.7. The van der Waals surface area contributed by atoms with Crippen molar-refractivity contribution in [2.75, 3.05) is 20.1 Å². The van der Waals surface area contributed by atoms with Crippen LogP contribution in [0.5, 0.6) is 17.2 Å². The number of amides is 1. The number of likely N-dealkylation sites (tertiary alicyclic amines) is 1. The van der Waals surface area contributed by atoms with Gasteiger partial charge >= 0.3 is 5.97 Å². The van der Waals surface area contributed by atoms with Crippen molar-refractivity contribution in [3.63, 3.8) is 0 Å². The molecule has 3 aromatic rings. The van der Waals surface area contributed by atoms with Gasteiger partial charge in [-0.1, -0.05) is 59.6 Å². The van der Waals surface area contributed by atoms with E-state index in [9.17, 15) is 14.7 Å². The van der Waals surface area contributed by atoms with E-state index in [1.807, 2.05) is 24.1 Å². The predicted molar refractivity (Wildman–Crippen MR) is 169 cm³/mol. The molecule has 1 N–H and O–H groups in total. The highest BCUT2D eigenvalue weighted by atomic mass is 35.5. The van der Waals surface area contributed by atoms with Crippen LogP contribution < -0.4 is 9.47 Å². The number of halogens is 2. The SMILES string of the molecule is CC(=O)Oc1cc(O)c2c3c1C[C@@H]1[C@@H]4CC[C@H](N(C)C(=O)Cc5ccc(Cl)c(Cl)c5)[C@H](O2)[C@]34CCN1CCc1ccccc1. The summed E-state index contributed by atoms with van der Waals surface area (Å²) in [5.74, 6) is 0.719. The topological polar surface area (TPSA) is 79.3 Å². The molecule has 2 bridgehead atoms. The Morgan fingerprint density at radius 1 is 1.09 bits per heavy atom. The van der Waals surface area contributed by atoms with Crippen LogP contribution in [0.3, 0.4) is 0 Å². The Hall–Kier alpha value is -3.26. The number of carbonyl (C=O) groups is 2. The fourth-order valence-corrected chi connectivity index (χ4v) is 8.94. The fourth-order valence-electron chi connectivity index (χ4n) is 8.62. The summed E-state index contributed by atoms with van der Waals surface area (Å²) in [4.78, 5) is 30.3. The molecule has 1 saturated carbocycles. The Balaban J connectivity index is 1.24. The third kappa shape index (κ3) is 4.75. The molecule has 5 atom stereocenters. The fraction of sp³-hybridized carbons (Fsp3) is 0.429. The van der Waals surface area contributed by atoms with E-state index in [1.54, 1.807) is 12.1 Å². The van der Waals surface area contributed by atoms with Gasteiger partial charge in [-0.3, -0.25) is 14.5 Å². The lowest BCUT2D eigenvalue weighted by atomic mass is 9.50. The molecule has 3 aromatic carbocycles. The number of hydrogen-bond acceptors (Lipinski definition) is 6. The molecule has 2 aliphatic heterocycles. The molecule has 9 heteroatoms. The van der Waals surface area contributed by atoms with E-state index in [0.717, 1.165) is 61.9 Å². The first-order valence-electron chi connectivity index (χ1n) is 15.4. The van der Waals surface area contributed by atoms with Crippen molar-refractivity contribution < 1.29 is 24.2 Å². The highest BCUT2D eigenvalue weighted by Gasteiger charge is 2.67. The second-order valence-corrected chi connectivity index (χ2v) is 13.5. The molecule has 1 saturated heterocycles. The summed E-state index contributed by atoms with van der Waals surface area (Å²) < 4.78 is 12.5. The van der Waals surface area contributed by atoms with Gasteiger partial charge in [0.2, 0.25) is 5.91 Å². The van der Waals surface area contributed by atoms with Crippen molar-refractivity contribution in [1.29, 1.82) is 0 Å². The maximum absolute atomic E-state index is 13.7. The number of phenols is 1. The molecule has 7 nitrogen and oxygen atoms in total. The summed E-state index contributed by atoms with van der Waals surface area (Å²) in [6.45, 7) is 3.21. The number of nitrogens with zero attached hydrogens (tertiary/aromatic N) is 2. The average molecular weight is 636 g/mol. The van der Waals surface area contributed by atoms with Gasteiger partial charge in [0.1, 0.15) is 11.9 Å². The molecule has 44 heavy (non-hydrogen) atoms. The molecular weight excluding hydrogens is 599 g/mol. The lowest BCUT2D eigenvalue weighted by molar-refractivity contribution is -0.139. The van der Waals surface area contributed by atoms with Gasteiger partial charge in [0.15, 0.2) is 11.5 Å². The van der Waals surface area contributed by atoms with Crippen LogP contribution in [0.4, 0.5) is 0 Å². The molecule has 2 fully saturated rings. The molecule has 4 aliphatic rings. The van der Waals surface area contributed by atoms with Crippen LogP contribution in [0.15, 0.2) is 54.6 Å². The molecular formula is C35H36Cl2N2O5. The van der Waals surface area contributed by atoms with E-state index in [2.05, 4.69) is 29.2 Å². The highest BCUT2D eigenvalue weighted by molar-refractivity contribution is 6.42. The number of piperidine rings is 1. The maximum atomic E-state index is 13.7. The summed E-state index contributed by atoms with van der Waals surface area (Å²) in [7, 11) is 1.86. The van der Waals surface area contributed by atoms with Gasteiger partial charge in [-0.25, -0.2) is 0 Å². The number of rotatable bonds is 7. The number of benzene rings is 3. The van der Waals surface area contributed by atoms with E-state index in [-0.39, 0.29) is 42.2 Å². The number of carbonyl (C=O) groups excluding carboxylic acids is 2. The number of hydrogen-bond donors (Lipinski definition) is 1. The Kier molecular flexibility index (Phi) is 7.54. The van der Waals surface area contributed by atoms with Crippen LogP contribution in [0.25, 0.3) is 0 Å². The van der Waals surface area contributed by atoms with E-state index >= 15 is 0 Å². The normalized spacial score (nSPS) is 26.5. The van der Waals surface area contributed by atoms with Crippen molar-refractivity contribution in [2.45, 2.75) is 69.1 Å². The molecule has 1 spiro atoms. The molecule has 2 heterocycles. The van der Waals surface area contributed by atoms with Crippen LogP contribution in [0, 0.1) is 5.92 Å². The molecule has 1 amide bonds. The minimum atomic E-state index is -0.420. The third-order valence-corrected chi connectivity index (χ3v) is 11.2. The molecule has 0 aromatic heterocycles. The van der Waals surface area contributed by atoms with Crippen LogP contribution in [-0.2, 0) is 34.3 Å². The van der Waals surface area contributed by atoms with Gasteiger partial charge in [-0.05, 0) is 67.8 Å². The lowest BCUT2D eigenvalue weighted by Crippen LogP contribution is -2.69. The Morgan fingerprint density at radius 2 is 1.89 bits per heavy atom. The van der Waals surface area contributed by atoms with E-state index in [0.29, 0.717) is 21.5 Å². The standard InChI is InChI=1S/C35H36Cl2N2O5/c1-20(40)43-30-19-29(41)33-32-23(30)18-28-24-9-11-27(38(2)31(42)17-22-8-10-25(36)26(37)16-22)34(44-33)35(24,32)13-15-39(28)14-12-21-6-4-3-5-7-21/h3-8,10,16,19,24,27-28,34,41H,9,11-15,17-18H2,1-2H3/t24-,27-,28+,34-,35-/m0/s1. The summed E-state index contributed by atoms with van der Waals surface area (Å²) in [6, 6.07) is 17.4. The zero-order valence-corrected chi connectivity index (χ0v) is 26.4.